The number of carboxylic acids is 1. The number of hydrogen-bond donors (Lipinski definition) is 3. The molecule has 0 amide bonds. The highest BCUT2D eigenvalue weighted by atomic mass is 16.5. The predicted molar refractivity (Wildman–Crippen MR) is 137 cm³/mol. The molecule has 1 saturated heterocycles. The van der Waals surface area contributed by atoms with Crippen LogP contribution in [0.3, 0.4) is 0 Å². The molecule has 0 spiro atoms. The van der Waals surface area contributed by atoms with E-state index in [1.165, 1.54) is 12.8 Å². The number of rotatable bonds is 12. The van der Waals surface area contributed by atoms with Crippen molar-refractivity contribution < 1.29 is 19.7 Å². The molecule has 2 aromatic rings. The third kappa shape index (κ3) is 6.63. The summed E-state index contributed by atoms with van der Waals surface area (Å²) in [6.45, 7) is 7.30. The molecule has 2 fully saturated rings. The van der Waals surface area contributed by atoms with Gasteiger partial charge in [0, 0.05) is 6.54 Å². The maximum Gasteiger partial charge on any atom is 0.316 e. The van der Waals surface area contributed by atoms with Crippen molar-refractivity contribution in [2.75, 3.05) is 23.4 Å². The Bertz CT molecular complexity index is 1000. The fraction of sp³-hybridized carbons (Fsp3) is 0.593. The summed E-state index contributed by atoms with van der Waals surface area (Å²) < 4.78 is 5.66. The molecule has 8 nitrogen and oxygen atoms in total. The zero-order valence-electron chi connectivity index (χ0n) is 21.0. The van der Waals surface area contributed by atoms with Crippen LogP contribution in [0.5, 0.6) is 6.01 Å². The molecule has 1 aromatic carbocycles. The van der Waals surface area contributed by atoms with E-state index in [0.29, 0.717) is 18.5 Å². The summed E-state index contributed by atoms with van der Waals surface area (Å²) in [4.78, 5) is 22.5. The first-order valence-electron chi connectivity index (χ1n) is 12.8. The van der Waals surface area contributed by atoms with Gasteiger partial charge in [0.1, 0.15) is 0 Å². The number of benzene rings is 1. The lowest BCUT2D eigenvalue weighted by molar-refractivity contribution is -0.137. The van der Waals surface area contributed by atoms with Gasteiger partial charge in [-0.05, 0) is 75.5 Å². The highest BCUT2D eigenvalue weighted by Crippen LogP contribution is 2.40. The van der Waals surface area contributed by atoms with Crippen molar-refractivity contribution in [2.45, 2.75) is 83.3 Å². The van der Waals surface area contributed by atoms with E-state index in [1.54, 1.807) is 12.4 Å². The Labute approximate surface area is 207 Å². The maximum atomic E-state index is 11.5. The highest BCUT2D eigenvalue weighted by Gasteiger charge is 2.37. The van der Waals surface area contributed by atoms with Crippen LogP contribution in [0.25, 0.3) is 0 Å². The quantitative estimate of drug-likeness (QED) is 0.383. The lowest BCUT2D eigenvalue weighted by Crippen LogP contribution is -2.46. The molecule has 2 aliphatic rings. The first kappa shape index (κ1) is 25.2. The average molecular weight is 483 g/mol. The fourth-order valence-electron chi connectivity index (χ4n) is 4.98. The number of ether oxygens (including phenoxy) is 1. The number of aliphatic hydroxyl groups is 1. The van der Waals surface area contributed by atoms with Crippen LogP contribution in [-0.2, 0) is 4.79 Å². The van der Waals surface area contributed by atoms with Crippen molar-refractivity contribution in [3.8, 4) is 6.01 Å². The lowest BCUT2D eigenvalue weighted by Gasteiger charge is -2.36. The first-order chi connectivity index (χ1) is 16.7. The Balaban J connectivity index is 1.63. The van der Waals surface area contributed by atoms with Gasteiger partial charge in [-0.2, -0.15) is 0 Å². The highest BCUT2D eigenvalue weighted by molar-refractivity contribution is 5.77. The molecule has 0 unspecified atom stereocenters. The van der Waals surface area contributed by atoms with Crippen LogP contribution < -0.4 is 15.0 Å². The summed E-state index contributed by atoms with van der Waals surface area (Å²) in [6, 6.07) is 6.52. The lowest BCUT2D eigenvalue weighted by atomic mass is 9.90. The number of aromatic nitrogens is 2. The molecule has 0 radical (unpaired) electrons. The van der Waals surface area contributed by atoms with Crippen molar-refractivity contribution in [1.82, 2.24) is 9.97 Å². The van der Waals surface area contributed by atoms with E-state index in [1.807, 2.05) is 19.9 Å². The van der Waals surface area contributed by atoms with Crippen molar-refractivity contribution >= 4 is 23.0 Å². The zero-order chi connectivity index (χ0) is 25.0. The van der Waals surface area contributed by atoms with Gasteiger partial charge in [0.05, 0.1) is 54.1 Å². The standard InChI is InChI=1S/C27H38N4O4/c1-4-6-19(14-25(32)33)20-10-11-23(31-12-5-7-24(31)27(2,3)34)22(13-20)30-21-15-28-26(29-16-21)35-17-18-8-9-18/h10-11,13,15-16,18-19,24,30,34H,4-9,12,14,17H2,1-3H3,(H,32,33)/t19-,24-/m1/s1. The van der Waals surface area contributed by atoms with Crippen molar-refractivity contribution in [3.63, 3.8) is 0 Å². The van der Waals surface area contributed by atoms with Gasteiger partial charge in [-0.15, -0.1) is 0 Å². The van der Waals surface area contributed by atoms with Gasteiger partial charge < -0.3 is 25.2 Å². The second kappa shape index (κ2) is 10.8. The zero-order valence-corrected chi connectivity index (χ0v) is 21.0. The Morgan fingerprint density at radius 1 is 1.26 bits per heavy atom. The van der Waals surface area contributed by atoms with Crippen molar-refractivity contribution in [2.24, 2.45) is 5.92 Å². The third-order valence-corrected chi connectivity index (χ3v) is 6.98. The molecule has 4 rings (SSSR count). The van der Waals surface area contributed by atoms with Crippen LogP contribution in [0.1, 0.15) is 77.2 Å². The molecule has 8 heteroatoms. The maximum absolute atomic E-state index is 11.5. The van der Waals surface area contributed by atoms with E-state index >= 15 is 0 Å². The van der Waals surface area contributed by atoms with Gasteiger partial charge in [0.25, 0.3) is 0 Å². The minimum atomic E-state index is -0.843. The smallest absolute Gasteiger partial charge is 0.316 e. The molecule has 1 aromatic heterocycles. The average Bonchev–Trinajstić information content (AvgIpc) is 3.50. The van der Waals surface area contributed by atoms with Crippen LogP contribution in [0.2, 0.25) is 0 Å². The molecule has 1 aliphatic heterocycles. The summed E-state index contributed by atoms with van der Waals surface area (Å²) in [5.41, 5.74) is 2.72. The van der Waals surface area contributed by atoms with Crippen LogP contribution in [0.15, 0.2) is 30.6 Å². The Morgan fingerprint density at radius 3 is 2.63 bits per heavy atom. The van der Waals surface area contributed by atoms with Gasteiger partial charge in [0.2, 0.25) is 0 Å². The van der Waals surface area contributed by atoms with Gasteiger partial charge >= 0.3 is 12.0 Å². The van der Waals surface area contributed by atoms with Crippen LogP contribution >= 0.6 is 0 Å². The number of nitrogens with one attached hydrogen (secondary N) is 1. The number of aliphatic carboxylic acids is 1. The van der Waals surface area contributed by atoms with E-state index in [9.17, 15) is 15.0 Å². The van der Waals surface area contributed by atoms with E-state index in [4.69, 9.17) is 4.74 Å². The monoisotopic (exact) mass is 482 g/mol. The summed E-state index contributed by atoms with van der Waals surface area (Å²) in [7, 11) is 0. The van der Waals surface area contributed by atoms with Crippen molar-refractivity contribution in [3.05, 3.63) is 36.2 Å². The largest absolute Gasteiger partial charge is 0.481 e. The van der Waals surface area contributed by atoms with Crippen LogP contribution in [-0.4, -0.2) is 50.9 Å². The summed E-state index contributed by atoms with van der Waals surface area (Å²) in [5, 5.41) is 23.7. The van der Waals surface area contributed by atoms with E-state index < -0.39 is 11.6 Å². The summed E-state index contributed by atoms with van der Waals surface area (Å²) in [5.74, 6) is -0.225. The first-order valence-corrected chi connectivity index (χ1v) is 12.8. The fourth-order valence-corrected chi connectivity index (χ4v) is 4.98. The minimum absolute atomic E-state index is 0.00573. The van der Waals surface area contributed by atoms with Gasteiger partial charge in [-0.25, -0.2) is 9.97 Å². The Hall–Kier alpha value is -2.87. The SMILES string of the molecule is CCC[C@H](CC(=O)O)c1ccc(N2CCC[C@@H]2C(C)(C)O)c(Nc2cnc(OCC3CC3)nc2)c1. The number of carbonyl (C=O) groups is 1. The van der Waals surface area contributed by atoms with Gasteiger partial charge in [-0.1, -0.05) is 19.4 Å². The van der Waals surface area contributed by atoms with Gasteiger partial charge in [-0.3, -0.25) is 4.79 Å². The molecule has 2 heterocycles. The topological polar surface area (TPSA) is 108 Å². The number of carboxylic acid groups (broad SMARTS) is 1. The number of nitrogens with zero attached hydrogens (tertiary/aromatic N) is 3. The second-order valence-corrected chi connectivity index (χ2v) is 10.5. The van der Waals surface area contributed by atoms with E-state index in [2.05, 4.69) is 39.2 Å². The van der Waals surface area contributed by atoms with Crippen LogP contribution in [0, 0.1) is 5.92 Å². The summed E-state index contributed by atoms with van der Waals surface area (Å²) in [6.07, 6.45) is 9.57. The normalized spacial score (nSPS) is 19.0. The molecule has 35 heavy (non-hydrogen) atoms. The summed E-state index contributed by atoms with van der Waals surface area (Å²) >= 11 is 0. The number of anilines is 3. The third-order valence-electron chi connectivity index (χ3n) is 6.98. The number of hydrogen-bond acceptors (Lipinski definition) is 7. The van der Waals surface area contributed by atoms with Crippen molar-refractivity contribution in [1.29, 1.82) is 0 Å². The molecule has 3 N–H and O–H groups in total. The molecule has 0 bridgehead atoms. The molecular weight excluding hydrogens is 444 g/mol. The van der Waals surface area contributed by atoms with Gasteiger partial charge in [0.15, 0.2) is 0 Å². The molecule has 190 valence electrons. The van der Waals surface area contributed by atoms with E-state index in [-0.39, 0.29) is 18.4 Å². The molecule has 1 saturated carbocycles. The van der Waals surface area contributed by atoms with Crippen LogP contribution in [0.4, 0.5) is 17.1 Å². The molecule has 1 aliphatic carbocycles. The minimum Gasteiger partial charge on any atom is -0.481 e. The Morgan fingerprint density at radius 2 is 2.00 bits per heavy atom. The second-order valence-electron chi connectivity index (χ2n) is 10.5. The van der Waals surface area contributed by atoms with E-state index in [0.717, 1.165) is 54.9 Å². The predicted octanol–water partition coefficient (Wildman–Crippen LogP) is 5.11. The Kier molecular flexibility index (Phi) is 7.79. The molecule has 2 atom stereocenters. The molecular formula is C27H38N4O4.